The van der Waals surface area contributed by atoms with Gasteiger partial charge in [0.1, 0.15) is 30.0 Å². The Morgan fingerprint density at radius 3 is 1.63 bits per heavy atom. The number of carbonyl (C=O) groups excluding carboxylic acids is 1. The lowest BCUT2D eigenvalue weighted by atomic mass is 9.82. The van der Waals surface area contributed by atoms with Gasteiger partial charge in [0, 0.05) is 96.8 Å². The van der Waals surface area contributed by atoms with E-state index in [0.29, 0.717) is 27.0 Å². The number of nitrogens with one attached hydrogen (secondary N) is 1. The second-order valence-corrected chi connectivity index (χ2v) is 23.3. The minimum atomic E-state index is -1.44. The summed E-state index contributed by atoms with van der Waals surface area (Å²) in [5, 5.41) is 28.0. The molecule has 9 rings (SSSR count). The van der Waals surface area contributed by atoms with E-state index < -0.39 is 37.1 Å². The van der Waals surface area contributed by atoms with E-state index in [9.17, 15) is 4.79 Å². The summed E-state index contributed by atoms with van der Waals surface area (Å²) in [6, 6.07) is 16.9. The summed E-state index contributed by atoms with van der Waals surface area (Å²) in [4.78, 5) is 37.1. The van der Waals surface area contributed by atoms with Gasteiger partial charge in [-0.15, -0.1) is 0 Å². The largest absolute Gasteiger partial charge is 0.498 e. The molecule has 1 fully saturated rings. The molecule has 0 aliphatic carbocycles. The van der Waals surface area contributed by atoms with Crippen molar-refractivity contribution < 1.29 is 43.1 Å². The summed E-state index contributed by atoms with van der Waals surface area (Å²) in [5.74, 6) is 2.19. The predicted octanol–water partition coefficient (Wildman–Crippen LogP) is 11.6. The van der Waals surface area contributed by atoms with E-state index in [1.165, 1.54) is 6.20 Å². The zero-order valence-corrected chi connectivity index (χ0v) is 53.3. The van der Waals surface area contributed by atoms with E-state index in [1.807, 2.05) is 97.0 Å². The van der Waals surface area contributed by atoms with Gasteiger partial charge < -0.3 is 38.3 Å². The molecule has 0 aromatic carbocycles. The minimum Gasteiger partial charge on any atom is -0.494 e. The average molecular weight is 1500 g/mol. The van der Waals surface area contributed by atoms with Crippen molar-refractivity contribution in [1.29, 1.82) is 0 Å². The van der Waals surface area contributed by atoms with Crippen molar-refractivity contribution in [3.63, 3.8) is 0 Å². The molecule has 0 amide bonds. The third kappa shape index (κ3) is 19.5. The molecule has 1 aliphatic heterocycles. The molecule has 0 unspecified atom stereocenters. The van der Waals surface area contributed by atoms with E-state index in [2.05, 4.69) is 147 Å². The Kier molecular flexibility index (Phi) is 25.5. The highest BCUT2D eigenvalue weighted by molar-refractivity contribution is 14.1. The first kappa shape index (κ1) is 65.8. The third-order valence-corrected chi connectivity index (χ3v) is 13.7. The molecule has 1 saturated heterocycles. The van der Waals surface area contributed by atoms with Crippen LogP contribution < -0.4 is 25.1 Å². The second kappa shape index (κ2) is 30.2. The molecule has 0 saturated carbocycles. The van der Waals surface area contributed by atoms with Crippen LogP contribution in [0.4, 0.5) is 4.79 Å². The van der Waals surface area contributed by atoms with Gasteiger partial charge in [-0.1, -0.05) is 7.43 Å². The van der Waals surface area contributed by atoms with Crippen molar-refractivity contribution >= 4 is 133 Å². The number of ether oxygens (including phenoxy) is 4. The molecule has 3 N–H and O–H groups in total. The smallest absolute Gasteiger partial charge is 0.494 e. The summed E-state index contributed by atoms with van der Waals surface area (Å²) in [6.07, 6.45) is 16.1. The van der Waals surface area contributed by atoms with Gasteiger partial charge in [0.15, 0.2) is 11.5 Å². The second-order valence-electron chi connectivity index (χ2n) is 17.9. The minimum absolute atomic E-state index is 0. The van der Waals surface area contributed by atoms with Gasteiger partial charge in [0.2, 0.25) is 0 Å². The predicted molar refractivity (Wildman–Crippen MR) is 328 cm³/mol. The van der Waals surface area contributed by atoms with Crippen LogP contribution in [-0.4, -0.2) is 118 Å². The fourth-order valence-electron chi connectivity index (χ4n) is 6.16. The maximum absolute atomic E-state index is 11.9. The first-order chi connectivity index (χ1) is 36.3. The maximum Gasteiger partial charge on any atom is 0.498 e. The highest BCUT2D eigenvalue weighted by Crippen LogP contribution is 2.37. The first-order valence-corrected chi connectivity index (χ1v) is 27.8. The summed E-state index contributed by atoms with van der Waals surface area (Å²) < 4.78 is 38.7. The lowest BCUT2D eigenvalue weighted by molar-refractivity contribution is 0.00578. The maximum atomic E-state index is 11.9. The molecule has 19 nitrogen and oxygen atoms in total. The van der Waals surface area contributed by atoms with Crippen molar-refractivity contribution in [3.8, 4) is 51.0 Å². The molecule has 27 heteroatoms. The molecule has 1 aliphatic rings. The number of halogens is 6. The Morgan fingerprint density at radius 1 is 0.679 bits per heavy atom. The highest BCUT2D eigenvalue weighted by atomic mass is 127. The van der Waals surface area contributed by atoms with E-state index in [4.69, 9.17) is 38.3 Å². The van der Waals surface area contributed by atoms with Crippen LogP contribution in [0.15, 0.2) is 139 Å². The van der Waals surface area contributed by atoms with Gasteiger partial charge in [-0.3, -0.25) is 20.1 Å². The number of carbonyl (C=O) groups is 1. The Balaban J connectivity index is 0.000000216. The highest BCUT2D eigenvalue weighted by Gasteiger charge is 2.52. The van der Waals surface area contributed by atoms with Gasteiger partial charge in [-0.05, 0) is 205 Å². The van der Waals surface area contributed by atoms with Gasteiger partial charge in [-0.25, -0.2) is 19.7 Å². The van der Waals surface area contributed by atoms with Crippen molar-refractivity contribution in [2.75, 3.05) is 21.3 Å². The molecule has 0 atom stereocenters. The number of H-pyrrole nitrogens is 1. The lowest BCUT2D eigenvalue weighted by Crippen LogP contribution is -2.41. The number of aromatic amines is 1. The van der Waals surface area contributed by atoms with Crippen LogP contribution in [0.5, 0.6) is 17.2 Å². The summed E-state index contributed by atoms with van der Waals surface area (Å²) >= 11 is 18.7. The lowest BCUT2D eigenvalue weighted by Gasteiger charge is -2.32. The molecule has 78 heavy (non-hydrogen) atoms. The van der Waals surface area contributed by atoms with Crippen LogP contribution in [0, 0.1) is 3.70 Å². The zero-order valence-electron chi connectivity index (χ0n) is 43.2. The van der Waals surface area contributed by atoms with Crippen molar-refractivity contribution in [2.45, 2.75) is 72.7 Å². The van der Waals surface area contributed by atoms with Gasteiger partial charge in [-0.2, -0.15) is 14.9 Å². The number of methoxy groups -OCH3 is 3. The van der Waals surface area contributed by atoms with Crippen LogP contribution in [0.3, 0.4) is 0 Å². The molecular weight excluding hydrogens is 1440 g/mol. The number of nitrogens with zero attached hydrogens (tertiary/aromatic N) is 9. The quantitative estimate of drug-likeness (QED) is 0.0728. The first-order valence-electron chi connectivity index (χ1n) is 22.8. The topological polar surface area (TPSA) is 237 Å². The normalized spacial score (nSPS) is 12.8. The van der Waals surface area contributed by atoms with Crippen molar-refractivity contribution in [1.82, 2.24) is 49.9 Å². The SMILES string of the molecule is C.CC(C)(C)OC(=O)n1cc(B2OC(C)(C)C(C)(C)O2)cn1.COc1ccc(-c2cncc(Br)c2)nc1-c1cn[nH]c1.COc1ccc(-c2cncc(Br)c2)nc1Br.COc1ccc(I)nc1Br.OB(O)c1cncc(Br)c1. The monoisotopic (exact) mass is 1500 g/mol. The Labute approximate surface area is 509 Å². The van der Waals surface area contributed by atoms with Gasteiger partial charge >= 0.3 is 20.3 Å². The van der Waals surface area contributed by atoms with Gasteiger partial charge in [0.25, 0.3) is 0 Å². The van der Waals surface area contributed by atoms with E-state index in [-0.39, 0.29) is 7.43 Å². The van der Waals surface area contributed by atoms with E-state index in [1.54, 1.807) is 83.2 Å². The standard InChI is InChI=1S/C14H23BN2O4.C14H11BrN4O.C11H8Br2N2O.C6H5BrINO.C5H5BBrNO2.CH4/c1-12(2,3)19-11(18)17-9-10(8-16-17)15-20-13(4,5)14(6,7)21-15;1-20-13-3-2-12(9-4-11(15)8-16-5-9)19-14(13)10-6-17-18-7-10;1-16-10-3-2-9(15-11(10)13)7-4-8(12)6-14-5-7;1-10-4-2-3-5(8)9-6(4)7;7-5-1-4(6(9)10)2-8-3-5;/h8-9H,1-7H3;2-8H,1H3,(H,17,18);2-6H,1H3;2-3H,1H3;1-3,9-10H;1H4. The number of pyridine rings is 6. The summed E-state index contributed by atoms with van der Waals surface area (Å²) in [5.41, 5.74) is 4.87. The molecule has 0 spiro atoms. The van der Waals surface area contributed by atoms with Crippen LogP contribution in [0.1, 0.15) is 55.9 Å². The molecule has 9 heterocycles. The average Bonchev–Trinajstić information content (AvgIpc) is 4.19. The van der Waals surface area contributed by atoms with Crippen LogP contribution >= 0.6 is 102 Å². The van der Waals surface area contributed by atoms with Crippen molar-refractivity contribution in [2.24, 2.45) is 0 Å². The van der Waals surface area contributed by atoms with Crippen molar-refractivity contribution in [3.05, 3.63) is 143 Å². The summed E-state index contributed by atoms with van der Waals surface area (Å²) in [6.45, 7) is 13.3. The summed E-state index contributed by atoms with van der Waals surface area (Å²) in [7, 11) is 2.88. The Bertz CT molecular complexity index is 3200. The van der Waals surface area contributed by atoms with Crippen LogP contribution in [-0.2, 0) is 14.0 Å². The molecule has 0 bridgehead atoms. The van der Waals surface area contributed by atoms with Crippen LogP contribution in [0.25, 0.3) is 33.8 Å². The third-order valence-electron chi connectivity index (χ3n) is 10.6. The van der Waals surface area contributed by atoms with Gasteiger partial charge in [0.05, 0.1) is 50.1 Å². The Hall–Kier alpha value is -4.71. The van der Waals surface area contributed by atoms with E-state index in [0.717, 1.165) is 65.9 Å². The number of hydrogen-bond acceptors (Lipinski definition) is 17. The fraction of sp³-hybridized carbons (Fsp3) is 0.275. The number of rotatable bonds is 8. The number of aromatic nitrogens is 10. The molecule has 412 valence electrons. The molecule has 8 aromatic heterocycles. The Morgan fingerprint density at radius 2 is 1.18 bits per heavy atom. The number of hydrogen-bond donors (Lipinski definition) is 3. The molecular formula is C51H56B2Br5IN10O9. The fourth-order valence-corrected chi connectivity index (χ4v) is 9.00. The van der Waals surface area contributed by atoms with E-state index >= 15 is 0 Å². The molecule has 8 aromatic rings. The molecule has 0 radical (unpaired) electrons. The van der Waals surface area contributed by atoms with Crippen LogP contribution in [0.2, 0.25) is 0 Å². The zero-order chi connectivity index (χ0) is 56.7.